The van der Waals surface area contributed by atoms with Gasteiger partial charge in [0, 0.05) is 24.4 Å². The van der Waals surface area contributed by atoms with Crippen LogP contribution in [-0.4, -0.2) is 31.6 Å². The molecule has 0 aliphatic heterocycles. The molecule has 1 aromatic heterocycles. The highest BCUT2D eigenvalue weighted by atomic mass is 32.2. The maximum absolute atomic E-state index is 11.3. The molecule has 0 N–H and O–H groups in total. The van der Waals surface area contributed by atoms with Crippen LogP contribution in [-0.2, 0) is 16.4 Å². The quantitative estimate of drug-likeness (QED) is 0.738. The number of fused-ring (bicyclic) bond motifs is 1. The van der Waals surface area contributed by atoms with Crippen molar-refractivity contribution in [2.45, 2.75) is 26.3 Å². The van der Waals surface area contributed by atoms with Crippen LogP contribution in [0.5, 0.6) is 5.75 Å². The molecular formula is C15H21NO3S. The zero-order chi connectivity index (χ0) is 14.6. The summed E-state index contributed by atoms with van der Waals surface area (Å²) < 4.78 is 30.3. The molecule has 0 amide bonds. The summed E-state index contributed by atoms with van der Waals surface area (Å²) in [7, 11) is -2.95. The highest BCUT2D eigenvalue weighted by molar-refractivity contribution is 7.90. The molecule has 1 heterocycles. The van der Waals surface area contributed by atoms with Crippen molar-refractivity contribution in [1.29, 1.82) is 0 Å². The van der Waals surface area contributed by atoms with Gasteiger partial charge in [-0.25, -0.2) is 8.42 Å². The third kappa shape index (κ3) is 3.76. The van der Waals surface area contributed by atoms with Gasteiger partial charge in [0.2, 0.25) is 0 Å². The molecule has 2 rings (SSSR count). The van der Waals surface area contributed by atoms with E-state index in [9.17, 15) is 8.42 Å². The Balaban J connectivity index is 2.20. The van der Waals surface area contributed by atoms with Crippen LogP contribution in [0.25, 0.3) is 10.9 Å². The molecule has 0 saturated carbocycles. The van der Waals surface area contributed by atoms with Crippen molar-refractivity contribution in [2.75, 3.05) is 18.6 Å². The lowest BCUT2D eigenvalue weighted by molar-refractivity contribution is 0.313. The smallest absolute Gasteiger partial charge is 0.149 e. The minimum absolute atomic E-state index is 0.150. The van der Waals surface area contributed by atoms with Gasteiger partial charge in [0.25, 0.3) is 0 Å². The molecule has 0 fully saturated rings. The molecule has 0 bridgehead atoms. The predicted molar refractivity (Wildman–Crippen MR) is 82.1 cm³/mol. The zero-order valence-corrected chi connectivity index (χ0v) is 12.8. The van der Waals surface area contributed by atoms with Gasteiger partial charge in [-0.3, -0.25) is 0 Å². The number of benzene rings is 1. The second-order valence-electron chi connectivity index (χ2n) is 5.03. The first-order chi connectivity index (χ1) is 9.51. The number of aromatic nitrogens is 1. The van der Waals surface area contributed by atoms with E-state index in [0.717, 1.165) is 29.5 Å². The summed E-state index contributed by atoms with van der Waals surface area (Å²) in [6, 6.07) is 7.88. The summed E-state index contributed by atoms with van der Waals surface area (Å²) in [6.45, 7) is 3.32. The van der Waals surface area contributed by atoms with Crippen LogP contribution in [0.3, 0.4) is 0 Å². The van der Waals surface area contributed by atoms with E-state index >= 15 is 0 Å². The Labute approximate surface area is 120 Å². The summed E-state index contributed by atoms with van der Waals surface area (Å²) >= 11 is 0. The van der Waals surface area contributed by atoms with E-state index in [-0.39, 0.29) is 5.75 Å². The molecule has 0 unspecified atom stereocenters. The van der Waals surface area contributed by atoms with Gasteiger partial charge in [-0.1, -0.05) is 19.4 Å². The predicted octanol–water partition coefficient (Wildman–Crippen LogP) is 2.86. The van der Waals surface area contributed by atoms with E-state index in [1.807, 2.05) is 35.0 Å². The second-order valence-corrected chi connectivity index (χ2v) is 7.29. The van der Waals surface area contributed by atoms with E-state index < -0.39 is 9.84 Å². The number of sulfone groups is 1. The van der Waals surface area contributed by atoms with E-state index in [2.05, 4.69) is 6.92 Å². The minimum Gasteiger partial charge on any atom is -0.493 e. The van der Waals surface area contributed by atoms with Crippen LogP contribution in [0.4, 0.5) is 0 Å². The number of ether oxygens (including phenoxy) is 1. The van der Waals surface area contributed by atoms with Crippen LogP contribution < -0.4 is 4.74 Å². The lowest BCUT2D eigenvalue weighted by atomic mass is 10.2. The van der Waals surface area contributed by atoms with Gasteiger partial charge in [0.05, 0.1) is 17.9 Å². The summed E-state index contributed by atoms with van der Waals surface area (Å²) in [5.41, 5.74) is 1.02. The van der Waals surface area contributed by atoms with Gasteiger partial charge in [-0.05, 0) is 24.6 Å². The molecule has 0 aliphatic carbocycles. The maximum Gasteiger partial charge on any atom is 0.149 e. The molecule has 0 spiro atoms. The summed E-state index contributed by atoms with van der Waals surface area (Å²) in [5, 5.41) is 1.04. The van der Waals surface area contributed by atoms with Crippen molar-refractivity contribution >= 4 is 20.7 Å². The lowest BCUT2D eigenvalue weighted by Gasteiger charge is -2.08. The zero-order valence-electron chi connectivity index (χ0n) is 12.0. The number of nitrogens with zero attached hydrogens (tertiary/aromatic N) is 1. The van der Waals surface area contributed by atoms with Gasteiger partial charge in [0.15, 0.2) is 0 Å². The molecule has 0 aliphatic rings. The number of hydrogen-bond donors (Lipinski definition) is 0. The fourth-order valence-electron chi connectivity index (χ4n) is 2.11. The highest BCUT2D eigenvalue weighted by Gasteiger charge is 2.08. The molecule has 4 nitrogen and oxygen atoms in total. The van der Waals surface area contributed by atoms with Crippen molar-refractivity contribution in [3.8, 4) is 5.75 Å². The van der Waals surface area contributed by atoms with E-state index in [1.54, 1.807) is 0 Å². The Hall–Kier alpha value is -1.49. The largest absolute Gasteiger partial charge is 0.493 e. The minimum atomic E-state index is -2.95. The number of unbranched alkanes of at least 4 members (excludes halogenated alkanes) is 1. The van der Waals surface area contributed by atoms with Gasteiger partial charge in [-0.15, -0.1) is 0 Å². The van der Waals surface area contributed by atoms with Gasteiger partial charge in [-0.2, -0.15) is 0 Å². The van der Waals surface area contributed by atoms with Gasteiger partial charge >= 0.3 is 0 Å². The molecular weight excluding hydrogens is 274 g/mol. The van der Waals surface area contributed by atoms with Crippen molar-refractivity contribution in [3.05, 3.63) is 30.5 Å². The molecule has 5 heteroatoms. The van der Waals surface area contributed by atoms with E-state index in [1.165, 1.54) is 6.26 Å². The number of hydrogen-bond acceptors (Lipinski definition) is 3. The average molecular weight is 295 g/mol. The van der Waals surface area contributed by atoms with E-state index in [0.29, 0.717) is 13.2 Å². The van der Waals surface area contributed by atoms with Crippen LogP contribution in [0.1, 0.15) is 19.8 Å². The lowest BCUT2D eigenvalue weighted by Crippen LogP contribution is -2.10. The fraction of sp³-hybridized carbons (Fsp3) is 0.467. The second kappa shape index (κ2) is 6.31. The molecule has 20 heavy (non-hydrogen) atoms. The molecule has 2 aromatic rings. The maximum atomic E-state index is 11.3. The Morgan fingerprint density at radius 2 is 2.05 bits per heavy atom. The first kappa shape index (κ1) is 14.9. The molecule has 1 aromatic carbocycles. The molecule has 0 saturated heterocycles. The highest BCUT2D eigenvalue weighted by Crippen LogP contribution is 2.26. The number of rotatable bonds is 7. The van der Waals surface area contributed by atoms with Crippen molar-refractivity contribution < 1.29 is 13.2 Å². The van der Waals surface area contributed by atoms with Crippen molar-refractivity contribution in [1.82, 2.24) is 4.57 Å². The van der Waals surface area contributed by atoms with Crippen LogP contribution >= 0.6 is 0 Å². The van der Waals surface area contributed by atoms with Crippen LogP contribution in [0.15, 0.2) is 30.5 Å². The number of aryl methyl sites for hydroxylation is 1. The first-order valence-electron chi connectivity index (χ1n) is 6.89. The first-order valence-corrected chi connectivity index (χ1v) is 8.95. The molecule has 0 atom stereocenters. The summed E-state index contributed by atoms with van der Waals surface area (Å²) in [6.07, 6.45) is 5.32. The topological polar surface area (TPSA) is 48.3 Å². The Morgan fingerprint density at radius 1 is 1.25 bits per heavy atom. The average Bonchev–Trinajstić information content (AvgIpc) is 2.80. The monoisotopic (exact) mass is 295 g/mol. The fourth-order valence-corrected chi connectivity index (χ4v) is 2.64. The van der Waals surface area contributed by atoms with Gasteiger partial charge < -0.3 is 9.30 Å². The van der Waals surface area contributed by atoms with Crippen molar-refractivity contribution in [2.24, 2.45) is 0 Å². The Kier molecular flexibility index (Phi) is 4.70. The summed E-state index contributed by atoms with van der Waals surface area (Å²) in [5.74, 6) is 1.02. The third-order valence-electron chi connectivity index (χ3n) is 3.23. The SMILES string of the molecule is CCCCOc1cccc2c1ccn2CCS(C)(=O)=O. The Bertz CT molecular complexity index is 673. The summed E-state index contributed by atoms with van der Waals surface area (Å²) in [4.78, 5) is 0. The normalized spacial score (nSPS) is 11.9. The van der Waals surface area contributed by atoms with Crippen molar-refractivity contribution in [3.63, 3.8) is 0 Å². The third-order valence-corrected chi connectivity index (χ3v) is 4.16. The van der Waals surface area contributed by atoms with Gasteiger partial charge in [0.1, 0.15) is 15.6 Å². The molecule has 110 valence electrons. The van der Waals surface area contributed by atoms with E-state index in [4.69, 9.17) is 4.74 Å². The molecule has 0 radical (unpaired) electrons. The standard InChI is InChI=1S/C15H21NO3S/c1-3-4-11-19-15-7-5-6-14-13(15)8-9-16(14)10-12-20(2,17)18/h5-9H,3-4,10-12H2,1-2H3. The van der Waals surface area contributed by atoms with Crippen LogP contribution in [0.2, 0.25) is 0 Å². The van der Waals surface area contributed by atoms with Crippen LogP contribution in [0, 0.1) is 0 Å². The Morgan fingerprint density at radius 3 is 2.75 bits per heavy atom.